The Labute approximate surface area is 142 Å². The van der Waals surface area contributed by atoms with Gasteiger partial charge in [-0.05, 0) is 49.3 Å². The summed E-state index contributed by atoms with van der Waals surface area (Å²) in [5.41, 5.74) is 1.97. The van der Waals surface area contributed by atoms with E-state index in [1.165, 1.54) is 0 Å². The SMILES string of the molecule is COc1ccccc1NC(=S)NCc1ccc(C(C)(C)O)cc1. The molecular weight excluding hydrogens is 308 g/mol. The maximum Gasteiger partial charge on any atom is 0.171 e. The normalized spacial score (nSPS) is 11.0. The first-order chi connectivity index (χ1) is 10.9. The predicted molar refractivity (Wildman–Crippen MR) is 97.7 cm³/mol. The molecule has 5 heteroatoms. The van der Waals surface area contributed by atoms with Crippen LogP contribution in [0.25, 0.3) is 0 Å². The van der Waals surface area contributed by atoms with Crippen LogP contribution in [0.4, 0.5) is 5.69 Å². The molecule has 3 N–H and O–H groups in total. The van der Waals surface area contributed by atoms with Gasteiger partial charge in [0.15, 0.2) is 5.11 Å². The number of nitrogens with one attached hydrogen (secondary N) is 2. The molecule has 0 bridgehead atoms. The third-order valence-corrected chi connectivity index (χ3v) is 3.72. The molecule has 0 saturated carbocycles. The Morgan fingerprint density at radius 1 is 1.13 bits per heavy atom. The van der Waals surface area contributed by atoms with Crippen molar-refractivity contribution in [3.8, 4) is 5.75 Å². The molecule has 0 aliphatic carbocycles. The van der Waals surface area contributed by atoms with E-state index in [9.17, 15) is 5.11 Å². The summed E-state index contributed by atoms with van der Waals surface area (Å²) in [6.45, 7) is 4.15. The Kier molecular flexibility index (Phi) is 5.58. The summed E-state index contributed by atoms with van der Waals surface area (Å²) >= 11 is 5.31. The molecular formula is C18H22N2O2S. The summed E-state index contributed by atoms with van der Waals surface area (Å²) in [6.07, 6.45) is 0. The summed E-state index contributed by atoms with van der Waals surface area (Å²) in [7, 11) is 1.63. The highest BCUT2D eigenvalue weighted by molar-refractivity contribution is 7.80. The predicted octanol–water partition coefficient (Wildman–Crippen LogP) is 3.41. The van der Waals surface area contributed by atoms with Gasteiger partial charge in [-0.15, -0.1) is 0 Å². The quantitative estimate of drug-likeness (QED) is 0.734. The summed E-state index contributed by atoms with van der Waals surface area (Å²) in [5, 5.41) is 16.8. The van der Waals surface area contributed by atoms with Crippen LogP contribution in [0.5, 0.6) is 5.75 Å². The van der Waals surface area contributed by atoms with Crippen molar-refractivity contribution >= 4 is 23.0 Å². The molecule has 2 rings (SSSR count). The van der Waals surface area contributed by atoms with Gasteiger partial charge in [-0.1, -0.05) is 36.4 Å². The molecule has 23 heavy (non-hydrogen) atoms. The molecule has 0 saturated heterocycles. The molecule has 0 spiro atoms. The summed E-state index contributed by atoms with van der Waals surface area (Å²) in [4.78, 5) is 0. The van der Waals surface area contributed by atoms with E-state index < -0.39 is 5.60 Å². The minimum absolute atomic E-state index is 0.529. The minimum atomic E-state index is -0.827. The zero-order chi connectivity index (χ0) is 16.9. The van der Waals surface area contributed by atoms with Crippen molar-refractivity contribution in [1.29, 1.82) is 0 Å². The van der Waals surface area contributed by atoms with Crippen molar-refractivity contribution in [1.82, 2.24) is 5.32 Å². The van der Waals surface area contributed by atoms with Crippen LogP contribution in [-0.2, 0) is 12.1 Å². The zero-order valence-corrected chi connectivity index (χ0v) is 14.4. The van der Waals surface area contributed by atoms with Gasteiger partial charge in [-0.2, -0.15) is 0 Å². The maximum absolute atomic E-state index is 9.95. The van der Waals surface area contributed by atoms with Crippen molar-refractivity contribution in [2.45, 2.75) is 26.0 Å². The van der Waals surface area contributed by atoms with Crippen LogP contribution in [0.3, 0.4) is 0 Å². The Morgan fingerprint density at radius 3 is 2.39 bits per heavy atom. The van der Waals surface area contributed by atoms with Crippen LogP contribution in [0, 0.1) is 0 Å². The fraction of sp³-hybridized carbons (Fsp3) is 0.278. The molecule has 0 fully saturated rings. The van der Waals surface area contributed by atoms with E-state index in [0.29, 0.717) is 11.7 Å². The summed E-state index contributed by atoms with van der Waals surface area (Å²) in [6, 6.07) is 15.4. The van der Waals surface area contributed by atoms with E-state index in [0.717, 1.165) is 22.6 Å². The van der Waals surface area contributed by atoms with Gasteiger partial charge in [0.2, 0.25) is 0 Å². The molecule has 0 aromatic heterocycles. The highest BCUT2D eigenvalue weighted by Gasteiger charge is 2.15. The van der Waals surface area contributed by atoms with Crippen molar-refractivity contribution in [2.24, 2.45) is 0 Å². The van der Waals surface area contributed by atoms with Gasteiger partial charge in [0, 0.05) is 6.54 Å². The van der Waals surface area contributed by atoms with Crippen molar-refractivity contribution in [3.05, 3.63) is 59.7 Å². The lowest BCUT2D eigenvalue weighted by Gasteiger charge is -2.18. The fourth-order valence-corrected chi connectivity index (χ4v) is 2.31. The number of thiocarbonyl (C=S) groups is 1. The van der Waals surface area contributed by atoms with Gasteiger partial charge in [-0.25, -0.2) is 0 Å². The van der Waals surface area contributed by atoms with Gasteiger partial charge in [0.05, 0.1) is 18.4 Å². The number of hydrogen-bond acceptors (Lipinski definition) is 3. The topological polar surface area (TPSA) is 53.5 Å². The molecule has 0 heterocycles. The van der Waals surface area contributed by atoms with Crippen LogP contribution in [0.1, 0.15) is 25.0 Å². The van der Waals surface area contributed by atoms with Crippen LogP contribution in [-0.4, -0.2) is 17.3 Å². The number of methoxy groups -OCH3 is 1. The van der Waals surface area contributed by atoms with Crippen molar-refractivity contribution in [2.75, 3.05) is 12.4 Å². The minimum Gasteiger partial charge on any atom is -0.495 e. The van der Waals surface area contributed by atoms with Crippen molar-refractivity contribution in [3.63, 3.8) is 0 Å². The fourth-order valence-electron chi connectivity index (χ4n) is 2.13. The highest BCUT2D eigenvalue weighted by atomic mass is 32.1. The molecule has 0 amide bonds. The first kappa shape index (κ1) is 17.2. The first-order valence-corrected chi connectivity index (χ1v) is 7.80. The van der Waals surface area contributed by atoms with Crippen LogP contribution < -0.4 is 15.4 Å². The molecule has 0 atom stereocenters. The van der Waals surface area contributed by atoms with Gasteiger partial charge < -0.3 is 20.5 Å². The third-order valence-electron chi connectivity index (χ3n) is 3.47. The Morgan fingerprint density at radius 2 is 1.78 bits per heavy atom. The van der Waals surface area contributed by atoms with E-state index >= 15 is 0 Å². The van der Waals surface area contributed by atoms with Gasteiger partial charge in [0.1, 0.15) is 5.75 Å². The van der Waals surface area contributed by atoms with Gasteiger partial charge in [0.25, 0.3) is 0 Å². The largest absolute Gasteiger partial charge is 0.495 e. The molecule has 4 nitrogen and oxygen atoms in total. The smallest absolute Gasteiger partial charge is 0.171 e. The molecule has 122 valence electrons. The van der Waals surface area contributed by atoms with E-state index in [1.807, 2.05) is 48.5 Å². The van der Waals surface area contributed by atoms with E-state index in [2.05, 4.69) is 10.6 Å². The second-order valence-electron chi connectivity index (χ2n) is 5.76. The highest BCUT2D eigenvalue weighted by Crippen LogP contribution is 2.23. The number of benzene rings is 2. The number of rotatable bonds is 5. The van der Waals surface area contributed by atoms with E-state index in [1.54, 1.807) is 21.0 Å². The third kappa shape index (κ3) is 4.94. The average Bonchev–Trinajstić information content (AvgIpc) is 2.53. The van der Waals surface area contributed by atoms with E-state index in [4.69, 9.17) is 17.0 Å². The zero-order valence-electron chi connectivity index (χ0n) is 13.6. The summed E-state index contributed by atoms with van der Waals surface area (Å²) in [5.74, 6) is 0.742. The lowest BCUT2D eigenvalue weighted by Crippen LogP contribution is -2.28. The second kappa shape index (κ2) is 7.44. The summed E-state index contributed by atoms with van der Waals surface area (Å²) < 4.78 is 5.28. The van der Waals surface area contributed by atoms with Gasteiger partial charge >= 0.3 is 0 Å². The lowest BCUT2D eigenvalue weighted by atomic mass is 9.97. The number of aliphatic hydroxyl groups is 1. The van der Waals surface area contributed by atoms with Gasteiger partial charge in [-0.3, -0.25) is 0 Å². The Bertz CT molecular complexity index is 663. The molecule has 2 aromatic carbocycles. The second-order valence-corrected chi connectivity index (χ2v) is 6.17. The number of hydrogen-bond donors (Lipinski definition) is 3. The number of para-hydroxylation sites is 2. The van der Waals surface area contributed by atoms with Crippen LogP contribution in [0.2, 0.25) is 0 Å². The van der Waals surface area contributed by atoms with Crippen LogP contribution >= 0.6 is 12.2 Å². The van der Waals surface area contributed by atoms with Crippen molar-refractivity contribution < 1.29 is 9.84 Å². The average molecular weight is 330 g/mol. The van der Waals surface area contributed by atoms with E-state index in [-0.39, 0.29) is 0 Å². The standard InChI is InChI=1S/C18H22N2O2S/c1-18(2,21)14-10-8-13(9-11-14)12-19-17(23)20-15-6-4-5-7-16(15)22-3/h4-11,21H,12H2,1-3H3,(H2,19,20,23). The number of anilines is 1. The molecule has 0 radical (unpaired) electrons. The molecule has 0 unspecified atom stereocenters. The molecule has 0 aliphatic heterocycles. The molecule has 0 aliphatic rings. The lowest BCUT2D eigenvalue weighted by molar-refractivity contribution is 0.0786. The monoisotopic (exact) mass is 330 g/mol. The number of ether oxygens (including phenoxy) is 1. The first-order valence-electron chi connectivity index (χ1n) is 7.40. The molecule has 2 aromatic rings. The Hall–Kier alpha value is -2.11. The van der Waals surface area contributed by atoms with Crippen LogP contribution in [0.15, 0.2) is 48.5 Å². The Balaban J connectivity index is 1.92. The maximum atomic E-state index is 9.95.